The summed E-state index contributed by atoms with van der Waals surface area (Å²) in [6.07, 6.45) is 0.963. The molecule has 5 aromatic rings. The van der Waals surface area contributed by atoms with E-state index in [1.54, 1.807) is 45.6 Å². The Hall–Kier alpha value is -5.02. The lowest BCUT2D eigenvalue weighted by Gasteiger charge is -2.20. The van der Waals surface area contributed by atoms with Crippen LogP contribution in [0.4, 0.5) is 0 Å². The second-order valence-corrected chi connectivity index (χ2v) is 11.6. The van der Waals surface area contributed by atoms with Crippen LogP contribution >= 0.6 is 11.8 Å². The van der Waals surface area contributed by atoms with Gasteiger partial charge in [0.15, 0.2) is 16.9 Å². The van der Waals surface area contributed by atoms with Crippen molar-refractivity contribution < 1.29 is 23.4 Å². The molecular weight excluding hydrogens is 590 g/mol. The number of nitrogens with one attached hydrogen (secondary N) is 1. The molecule has 1 aliphatic rings. The molecule has 8 nitrogen and oxygen atoms in total. The van der Waals surface area contributed by atoms with E-state index in [1.165, 1.54) is 17.8 Å². The first-order valence-corrected chi connectivity index (χ1v) is 15.4. The first-order valence-electron chi connectivity index (χ1n) is 14.4. The molecule has 1 aromatic heterocycles. The molecule has 0 radical (unpaired) electrons. The van der Waals surface area contributed by atoms with E-state index in [0.717, 1.165) is 16.7 Å². The molecule has 4 aromatic carbocycles. The Morgan fingerprint density at radius 3 is 2.40 bits per heavy atom. The van der Waals surface area contributed by atoms with Crippen LogP contribution in [-0.4, -0.2) is 27.2 Å². The normalized spacial score (nSPS) is 13.7. The van der Waals surface area contributed by atoms with Crippen LogP contribution in [0.3, 0.4) is 0 Å². The molecule has 0 unspecified atom stereocenters. The molecule has 1 N–H and O–H groups in total. The third-order valence-corrected chi connectivity index (χ3v) is 9.06. The summed E-state index contributed by atoms with van der Waals surface area (Å²) in [5.74, 6) is 1.43. The number of carbonyl (C=O) groups excluding carboxylic acids is 1. The van der Waals surface area contributed by atoms with Crippen LogP contribution in [0.5, 0.6) is 17.2 Å². The average Bonchev–Trinajstić information content (AvgIpc) is 3.31. The molecule has 1 heterocycles. The second-order valence-electron chi connectivity index (χ2n) is 10.6. The molecule has 45 heavy (non-hydrogen) atoms. The van der Waals surface area contributed by atoms with Gasteiger partial charge in [-0.3, -0.25) is 9.59 Å². The Morgan fingerprint density at radius 1 is 0.889 bits per heavy atom. The number of hydrogen-bond donors (Lipinski definition) is 1. The topological polar surface area (TPSA) is 104 Å². The van der Waals surface area contributed by atoms with Crippen molar-refractivity contribution in [3.8, 4) is 28.4 Å². The number of rotatable bonds is 8. The zero-order valence-electron chi connectivity index (χ0n) is 25.0. The second kappa shape index (κ2) is 12.9. The number of fused-ring (bicyclic) bond motifs is 4. The number of para-hydroxylation sites is 1. The lowest BCUT2D eigenvalue weighted by atomic mass is 9.95. The zero-order valence-corrected chi connectivity index (χ0v) is 25.9. The molecule has 1 amide bonds. The maximum atomic E-state index is 13.7. The maximum absolute atomic E-state index is 13.7. The number of ether oxygens (including phenoxy) is 3. The van der Waals surface area contributed by atoms with Gasteiger partial charge in [0.25, 0.3) is 5.91 Å². The van der Waals surface area contributed by atoms with Crippen LogP contribution in [0.15, 0.2) is 104 Å². The van der Waals surface area contributed by atoms with Crippen molar-refractivity contribution >= 4 is 28.6 Å². The fraction of sp³-hybridized carbons (Fsp3) is 0.194. The van der Waals surface area contributed by atoms with Gasteiger partial charge >= 0.3 is 5.63 Å². The molecule has 1 atom stereocenters. The number of amides is 1. The van der Waals surface area contributed by atoms with Crippen LogP contribution in [0.25, 0.3) is 22.1 Å². The highest BCUT2D eigenvalue weighted by Gasteiger charge is 2.30. The molecule has 0 saturated carbocycles. The van der Waals surface area contributed by atoms with Gasteiger partial charge in [0.05, 0.1) is 32.3 Å². The number of aryl methyl sites for hydroxylation is 1. The third-order valence-electron chi connectivity index (χ3n) is 7.93. The van der Waals surface area contributed by atoms with E-state index in [4.69, 9.17) is 18.6 Å². The van der Waals surface area contributed by atoms with Gasteiger partial charge < -0.3 is 23.9 Å². The number of thioether (sulfide) groups is 1. The van der Waals surface area contributed by atoms with Crippen LogP contribution in [0.2, 0.25) is 0 Å². The summed E-state index contributed by atoms with van der Waals surface area (Å²) < 4.78 is 22.7. The van der Waals surface area contributed by atoms with E-state index in [2.05, 4.69) is 5.32 Å². The summed E-state index contributed by atoms with van der Waals surface area (Å²) >= 11 is 1.45. The highest BCUT2D eigenvalue weighted by molar-refractivity contribution is 7.98. The average molecular weight is 622 g/mol. The Labute approximate surface area is 264 Å². The number of methoxy groups -OCH3 is 3. The fourth-order valence-corrected chi connectivity index (χ4v) is 6.64. The molecule has 228 valence electrons. The fourth-order valence-electron chi connectivity index (χ4n) is 5.76. The van der Waals surface area contributed by atoms with E-state index < -0.39 is 17.6 Å². The van der Waals surface area contributed by atoms with Gasteiger partial charge in [0.1, 0.15) is 11.1 Å². The van der Waals surface area contributed by atoms with Gasteiger partial charge in [0, 0.05) is 16.7 Å². The van der Waals surface area contributed by atoms with E-state index >= 15 is 0 Å². The Morgan fingerprint density at radius 2 is 1.64 bits per heavy atom. The number of hydrogen-bond acceptors (Lipinski definition) is 8. The van der Waals surface area contributed by atoms with Crippen molar-refractivity contribution in [3.05, 3.63) is 128 Å². The number of benzene rings is 3. The zero-order chi connectivity index (χ0) is 31.5. The molecule has 9 heteroatoms. The van der Waals surface area contributed by atoms with Gasteiger partial charge in [-0.1, -0.05) is 54.6 Å². The molecule has 0 spiro atoms. The molecule has 0 fully saturated rings. The predicted molar refractivity (Wildman–Crippen MR) is 175 cm³/mol. The third kappa shape index (κ3) is 5.91. The Kier molecular flexibility index (Phi) is 8.62. The van der Waals surface area contributed by atoms with Crippen LogP contribution in [-0.2, 0) is 12.2 Å². The van der Waals surface area contributed by atoms with E-state index in [1.807, 2.05) is 54.6 Å². The molecule has 0 aliphatic heterocycles. The van der Waals surface area contributed by atoms with Gasteiger partial charge in [-0.15, -0.1) is 11.8 Å². The largest absolute Gasteiger partial charge is 0.493 e. The van der Waals surface area contributed by atoms with Crippen molar-refractivity contribution in [2.24, 2.45) is 0 Å². The highest BCUT2D eigenvalue weighted by Crippen LogP contribution is 2.50. The summed E-state index contributed by atoms with van der Waals surface area (Å²) in [7, 11) is 4.66. The van der Waals surface area contributed by atoms with Crippen LogP contribution < -0.4 is 30.6 Å². The molecule has 6 rings (SSSR count). The molecule has 0 saturated heterocycles. The van der Waals surface area contributed by atoms with Crippen molar-refractivity contribution in [2.75, 3.05) is 21.3 Å². The van der Waals surface area contributed by atoms with Gasteiger partial charge in [-0.05, 0) is 65.4 Å². The van der Waals surface area contributed by atoms with Crippen molar-refractivity contribution in [2.45, 2.75) is 29.5 Å². The molecule has 1 aliphatic carbocycles. The smallest absolute Gasteiger partial charge is 0.349 e. The summed E-state index contributed by atoms with van der Waals surface area (Å²) in [6, 6.07) is 25.1. The Balaban J connectivity index is 1.48. The van der Waals surface area contributed by atoms with Crippen molar-refractivity contribution in [1.29, 1.82) is 0 Å². The lowest BCUT2D eigenvalue weighted by molar-refractivity contribution is 0.0931. The Bertz CT molecular complexity index is 2020. The molecular formula is C36H31NO7S. The lowest BCUT2D eigenvalue weighted by Crippen LogP contribution is -2.32. The summed E-state index contributed by atoms with van der Waals surface area (Å²) in [6.45, 7) is 0. The monoisotopic (exact) mass is 621 g/mol. The minimum atomic E-state index is -0.734. The van der Waals surface area contributed by atoms with E-state index in [0.29, 0.717) is 62.8 Å². The highest BCUT2D eigenvalue weighted by atomic mass is 32.2. The first kappa shape index (κ1) is 30.0. The van der Waals surface area contributed by atoms with Crippen molar-refractivity contribution in [1.82, 2.24) is 5.32 Å². The first-order chi connectivity index (χ1) is 21.9. The minimum absolute atomic E-state index is 0.111. The SMILES string of the molecule is COc1cc2c(c(OC)c1OC)-c1ccc(SCc3ccccc3)c(=O)cc1[C@@H](NC(=O)c1cc3ccccc3oc1=O)CC2. The van der Waals surface area contributed by atoms with E-state index in [-0.39, 0.29) is 11.0 Å². The van der Waals surface area contributed by atoms with Gasteiger partial charge in [-0.25, -0.2) is 4.79 Å². The molecule has 0 bridgehead atoms. The maximum Gasteiger partial charge on any atom is 0.349 e. The van der Waals surface area contributed by atoms with Crippen LogP contribution in [0, 0.1) is 0 Å². The predicted octanol–water partition coefficient (Wildman–Crippen LogP) is 6.56. The number of carbonyl (C=O) groups is 1. The summed E-state index contributed by atoms with van der Waals surface area (Å²) in [5, 5.41) is 3.67. The van der Waals surface area contributed by atoms with Gasteiger partial charge in [-0.2, -0.15) is 0 Å². The van der Waals surface area contributed by atoms with Crippen molar-refractivity contribution in [3.63, 3.8) is 0 Å². The quantitative estimate of drug-likeness (QED) is 0.154. The standard InChI is InChI=1S/C36H31NO7S/c1-41-30-18-23-13-15-27(37-35(39)26-17-22-11-7-8-12-29(22)44-36(26)40)25-19-28(38)31(45-20-21-9-5-4-6-10-21)16-14-24(25)32(23)34(43-3)33(30)42-2/h4-12,14,16-19,27H,13,15,20H2,1-3H3,(H,37,39)/t27-/m0/s1. The van der Waals surface area contributed by atoms with Gasteiger partial charge in [0.2, 0.25) is 5.75 Å². The van der Waals surface area contributed by atoms with E-state index in [9.17, 15) is 14.4 Å². The summed E-state index contributed by atoms with van der Waals surface area (Å²) in [4.78, 5) is 40.8. The van der Waals surface area contributed by atoms with Crippen LogP contribution in [0.1, 0.15) is 39.5 Å². The minimum Gasteiger partial charge on any atom is -0.493 e. The summed E-state index contributed by atoms with van der Waals surface area (Å²) in [5.41, 5.74) is 3.44.